The van der Waals surface area contributed by atoms with Crippen molar-refractivity contribution in [2.45, 2.75) is 32.9 Å². The summed E-state index contributed by atoms with van der Waals surface area (Å²) in [6.07, 6.45) is 0.862. The minimum Gasteiger partial charge on any atom is -0.448 e. The predicted octanol–water partition coefficient (Wildman–Crippen LogP) is 2.15. The van der Waals surface area contributed by atoms with E-state index in [-0.39, 0.29) is 31.1 Å². The highest BCUT2D eigenvalue weighted by atomic mass is 16.5. The smallest absolute Gasteiger partial charge is 0.407 e. The third kappa shape index (κ3) is 7.68. The van der Waals surface area contributed by atoms with Gasteiger partial charge in [0.1, 0.15) is 6.61 Å². The van der Waals surface area contributed by atoms with E-state index in [0.717, 1.165) is 0 Å². The van der Waals surface area contributed by atoms with Gasteiger partial charge in [-0.15, -0.1) is 0 Å². The minimum absolute atomic E-state index is 0.0655. The molecule has 2 N–H and O–H groups in total. The van der Waals surface area contributed by atoms with E-state index in [2.05, 4.69) is 25.6 Å². The van der Waals surface area contributed by atoms with Crippen molar-refractivity contribution in [3.8, 4) is 0 Å². The lowest BCUT2D eigenvalue weighted by atomic mass is 10.1. The van der Waals surface area contributed by atoms with Gasteiger partial charge in [-0.05, 0) is 38.4 Å². The standard InChI is InChI=1S/C14H20N6O3/c1-14(2,3)19-13(22)23-7-6-16-12(21)10-4-5-11(17-8-10)9-18-20-15/h4-5,8H,6-7,9H2,1-3H3,(H,16,21)(H,19,22). The van der Waals surface area contributed by atoms with Crippen LogP contribution in [0.4, 0.5) is 4.79 Å². The van der Waals surface area contributed by atoms with Crippen molar-refractivity contribution in [2.75, 3.05) is 13.2 Å². The van der Waals surface area contributed by atoms with E-state index in [1.807, 2.05) is 20.8 Å². The van der Waals surface area contributed by atoms with Crippen LogP contribution in [-0.2, 0) is 11.3 Å². The van der Waals surface area contributed by atoms with Crippen LogP contribution in [0.25, 0.3) is 10.4 Å². The van der Waals surface area contributed by atoms with E-state index in [0.29, 0.717) is 11.3 Å². The van der Waals surface area contributed by atoms with Crippen LogP contribution in [0.5, 0.6) is 0 Å². The van der Waals surface area contributed by atoms with Crippen molar-refractivity contribution in [1.82, 2.24) is 15.6 Å². The van der Waals surface area contributed by atoms with Gasteiger partial charge in [0.2, 0.25) is 0 Å². The van der Waals surface area contributed by atoms with Gasteiger partial charge in [-0.25, -0.2) is 4.79 Å². The van der Waals surface area contributed by atoms with E-state index in [9.17, 15) is 9.59 Å². The lowest BCUT2D eigenvalue weighted by Gasteiger charge is -2.19. The summed E-state index contributed by atoms with van der Waals surface area (Å²) in [6, 6.07) is 3.19. The molecule has 0 aliphatic rings. The first-order valence-corrected chi connectivity index (χ1v) is 7.01. The van der Waals surface area contributed by atoms with Crippen molar-refractivity contribution >= 4 is 12.0 Å². The number of hydrogen-bond acceptors (Lipinski definition) is 5. The number of amides is 2. The van der Waals surface area contributed by atoms with Crippen LogP contribution in [-0.4, -0.2) is 35.7 Å². The summed E-state index contributed by atoms with van der Waals surface area (Å²) in [4.78, 5) is 29.9. The first kappa shape index (κ1) is 18.2. The number of ether oxygens (including phenoxy) is 1. The summed E-state index contributed by atoms with van der Waals surface area (Å²) < 4.78 is 4.94. The Bertz CT molecular complexity index is 588. The summed E-state index contributed by atoms with van der Waals surface area (Å²) >= 11 is 0. The quantitative estimate of drug-likeness (QED) is 0.360. The molecule has 0 saturated carbocycles. The molecule has 0 radical (unpaired) electrons. The van der Waals surface area contributed by atoms with Crippen LogP contribution in [0.3, 0.4) is 0 Å². The highest BCUT2D eigenvalue weighted by Gasteiger charge is 2.14. The zero-order chi connectivity index (χ0) is 17.3. The molecule has 0 bridgehead atoms. The maximum Gasteiger partial charge on any atom is 0.407 e. The van der Waals surface area contributed by atoms with Gasteiger partial charge in [-0.3, -0.25) is 9.78 Å². The summed E-state index contributed by atoms with van der Waals surface area (Å²) in [5.74, 6) is -0.326. The third-order valence-electron chi connectivity index (χ3n) is 2.48. The van der Waals surface area contributed by atoms with E-state index in [1.54, 1.807) is 12.1 Å². The largest absolute Gasteiger partial charge is 0.448 e. The van der Waals surface area contributed by atoms with Gasteiger partial charge in [-0.1, -0.05) is 5.11 Å². The molecule has 9 nitrogen and oxygen atoms in total. The molecule has 0 aliphatic heterocycles. The fourth-order valence-electron chi connectivity index (χ4n) is 1.51. The number of nitrogens with one attached hydrogen (secondary N) is 2. The van der Waals surface area contributed by atoms with Crippen LogP contribution in [0.2, 0.25) is 0 Å². The number of azide groups is 1. The molecule has 9 heteroatoms. The molecule has 0 spiro atoms. The summed E-state index contributed by atoms with van der Waals surface area (Å²) in [5, 5.41) is 8.64. The molecule has 0 fully saturated rings. The zero-order valence-corrected chi connectivity index (χ0v) is 13.4. The molecule has 1 aromatic heterocycles. The molecule has 1 heterocycles. The Morgan fingerprint density at radius 2 is 2.13 bits per heavy atom. The molecular weight excluding hydrogens is 300 g/mol. The molecular formula is C14H20N6O3. The first-order chi connectivity index (χ1) is 10.8. The summed E-state index contributed by atoms with van der Waals surface area (Å²) in [6.45, 7) is 5.92. The fraction of sp³-hybridized carbons (Fsp3) is 0.500. The second kappa shape index (κ2) is 8.60. The van der Waals surface area contributed by atoms with E-state index in [4.69, 9.17) is 10.3 Å². The van der Waals surface area contributed by atoms with Crippen molar-refractivity contribution in [3.05, 3.63) is 40.0 Å². The number of carbonyl (C=O) groups is 2. The van der Waals surface area contributed by atoms with Crippen LogP contribution < -0.4 is 10.6 Å². The maximum absolute atomic E-state index is 11.9. The third-order valence-corrected chi connectivity index (χ3v) is 2.48. The van der Waals surface area contributed by atoms with Gasteiger partial charge in [0.05, 0.1) is 18.7 Å². The Hall–Kier alpha value is -2.80. The van der Waals surface area contributed by atoms with Crippen molar-refractivity contribution < 1.29 is 14.3 Å². The molecule has 23 heavy (non-hydrogen) atoms. The highest BCUT2D eigenvalue weighted by Crippen LogP contribution is 2.02. The molecule has 1 aromatic rings. The molecule has 0 aliphatic carbocycles. The van der Waals surface area contributed by atoms with E-state index >= 15 is 0 Å². The average Bonchev–Trinajstić information content (AvgIpc) is 2.48. The molecule has 0 aromatic carbocycles. The van der Waals surface area contributed by atoms with Gasteiger partial charge in [0.25, 0.3) is 5.91 Å². The molecule has 1 rings (SSSR count). The Labute approximate surface area is 134 Å². The highest BCUT2D eigenvalue weighted by molar-refractivity contribution is 5.93. The lowest BCUT2D eigenvalue weighted by molar-refractivity contribution is 0.0930. The SMILES string of the molecule is CC(C)(C)NC(=O)OCCNC(=O)c1ccc(CN=[N+]=[N-])nc1. The van der Waals surface area contributed by atoms with Gasteiger partial charge >= 0.3 is 6.09 Å². The first-order valence-electron chi connectivity index (χ1n) is 7.01. The molecule has 2 amide bonds. The minimum atomic E-state index is -0.532. The number of alkyl carbamates (subject to hydrolysis) is 1. The van der Waals surface area contributed by atoms with Gasteiger partial charge in [0.15, 0.2) is 0 Å². The number of hydrogen-bond donors (Lipinski definition) is 2. The number of carbonyl (C=O) groups excluding carboxylic acids is 2. The van der Waals surface area contributed by atoms with Crippen LogP contribution in [0.1, 0.15) is 36.8 Å². The monoisotopic (exact) mass is 320 g/mol. The second-order valence-corrected chi connectivity index (χ2v) is 5.69. The molecule has 124 valence electrons. The Morgan fingerprint density at radius 1 is 1.39 bits per heavy atom. The Balaban J connectivity index is 2.34. The van der Waals surface area contributed by atoms with Crippen LogP contribution in [0, 0.1) is 0 Å². The molecule has 0 unspecified atom stereocenters. The van der Waals surface area contributed by atoms with E-state index < -0.39 is 6.09 Å². The Morgan fingerprint density at radius 3 is 2.70 bits per heavy atom. The number of nitrogens with zero attached hydrogens (tertiary/aromatic N) is 4. The van der Waals surface area contributed by atoms with Crippen molar-refractivity contribution in [3.63, 3.8) is 0 Å². The number of rotatable bonds is 6. The van der Waals surface area contributed by atoms with Crippen LogP contribution in [0.15, 0.2) is 23.4 Å². The van der Waals surface area contributed by atoms with E-state index in [1.165, 1.54) is 6.20 Å². The predicted molar refractivity (Wildman–Crippen MR) is 83.7 cm³/mol. The topological polar surface area (TPSA) is 129 Å². The number of pyridine rings is 1. The second-order valence-electron chi connectivity index (χ2n) is 5.69. The van der Waals surface area contributed by atoms with Crippen molar-refractivity contribution in [1.29, 1.82) is 0 Å². The average molecular weight is 320 g/mol. The lowest BCUT2D eigenvalue weighted by Crippen LogP contribution is -2.41. The zero-order valence-electron chi connectivity index (χ0n) is 13.4. The summed E-state index contributed by atoms with van der Waals surface area (Å²) in [5.41, 5.74) is 8.79. The fourth-order valence-corrected chi connectivity index (χ4v) is 1.51. The maximum atomic E-state index is 11.9. The van der Waals surface area contributed by atoms with Crippen LogP contribution >= 0.6 is 0 Å². The van der Waals surface area contributed by atoms with Gasteiger partial charge in [-0.2, -0.15) is 0 Å². The van der Waals surface area contributed by atoms with Gasteiger partial charge < -0.3 is 15.4 Å². The Kier molecular flexibility index (Phi) is 6.82. The normalized spacial score (nSPS) is 10.4. The molecule has 0 saturated heterocycles. The number of aromatic nitrogens is 1. The molecule has 0 atom stereocenters. The van der Waals surface area contributed by atoms with Crippen molar-refractivity contribution in [2.24, 2.45) is 5.11 Å². The van der Waals surface area contributed by atoms with Gasteiger partial charge in [0, 0.05) is 22.3 Å². The summed E-state index contributed by atoms with van der Waals surface area (Å²) in [7, 11) is 0.